The molecule has 9 heteroatoms. The summed E-state index contributed by atoms with van der Waals surface area (Å²) in [6, 6.07) is -0.647. The van der Waals surface area contributed by atoms with E-state index < -0.39 is 28.3 Å². The largest absolute Gasteiger partial charge is 0.444 e. The van der Waals surface area contributed by atoms with E-state index in [0.717, 1.165) is 30.5 Å². The van der Waals surface area contributed by atoms with Gasteiger partial charge in [-0.15, -0.1) is 0 Å². The third kappa shape index (κ3) is 4.29. The van der Waals surface area contributed by atoms with E-state index in [-0.39, 0.29) is 18.2 Å². The highest BCUT2D eigenvalue weighted by atomic mass is 16.6. The fourth-order valence-corrected chi connectivity index (χ4v) is 4.13. The van der Waals surface area contributed by atoms with E-state index in [0.29, 0.717) is 12.2 Å². The lowest BCUT2D eigenvalue weighted by Gasteiger charge is -2.48. The Kier molecular flexibility index (Phi) is 5.46. The van der Waals surface area contributed by atoms with Crippen molar-refractivity contribution in [3.63, 3.8) is 0 Å². The number of carbonyl (C=O) groups excluding carboxylic acids is 1. The fourth-order valence-electron chi connectivity index (χ4n) is 4.13. The van der Waals surface area contributed by atoms with Gasteiger partial charge in [-0.25, -0.2) is 4.79 Å². The average molecular weight is 406 g/mol. The minimum absolute atomic E-state index is 0.0320. The smallest absolute Gasteiger partial charge is 0.408 e. The molecule has 0 aromatic carbocycles. The summed E-state index contributed by atoms with van der Waals surface area (Å²) in [5, 5.41) is 25.5. The molecule has 0 radical (unpaired) electrons. The van der Waals surface area contributed by atoms with Crippen molar-refractivity contribution in [3.05, 3.63) is 27.6 Å². The molecule has 1 aliphatic heterocycles. The van der Waals surface area contributed by atoms with Gasteiger partial charge in [0, 0.05) is 30.3 Å². The average Bonchev–Trinajstić information content (AvgIpc) is 3.05. The van der Waals surface area contributed by atoms with Gasteiger partial charge >= 0.3 is 11.8 Å². The SMILES string of the molecule is C[C@H]1CN(c2c([N+](=O)[O-])cnc3c2CCC3)CC(NC(=O)OC(C)(C)C)C1(C)O. The van der Waals surface area contributed by atoms with Crippen LogP contribution in [0.4, 0.5) is 16.2 Å². The first-order valence-electron chi connectivity index (χ1n) is 10.0. The molecule has 3 atom stereocenters. The summed E-state index contributed by atoms with van der Waals surface area (Å²) in [6.07, 6.45) is 3.17. The second-order valence-corrected chi connectivity index (χ2v) is 9.26. The Bertz CT molecular complexity index is 818. The third-order valence-electron chi connectivity index (χ3n) is 5.86. The second-order valence-electron chi connectivity index (χ2n) is 9.26. The summed E-state index contributed by atoms with van der Waals surface area (Å²) in [6.45, 7) is 9.55. The number of aliphatic hydroxyl groups is 1. The van der Waals surface area contributed by atoms with Crippen LogP contribution in [0.3, 0.4) is 0 Å². The van der Waals surface area contributed by atoms with Crippen molar-refractivity contribution in [2.45, 2.75) is 71.1 Å². The zero-order chi connectivity index (χ0) is 21.6. The van der Waals surface area contributed by atoms with Crippen molar-refractivity contribution >= 4 is 17.5 Å². The molecular weight excluding hydrogens is 376 g/mol. The highest BCUT2D eigenvalue weighted by molar-refractivity contribution is 5.71. The van der Waals surface area contributed by atoms with Crippen molar-refractivity contribution in [2.75, 3.05) is 18.0 Å². The number of aromatic nitrogens is 1. The minimum Gasteiger partial charge on any atom is -0.444 e. The van der Waals surface area contributed by atoms with Gasteiger partial charge in [-0.2, -0.15) is 0 Å². The van der Waals surface area contributed by atoms with Crippen LogP contribution in [0.25, 0.3) is 0 Å². The highest BCUT2D eigenvalue weighted by Gasteiger charge is 2.46. The molecule has 0 saturated carbocycles. The third-order valence-corrected chi connectivity index (χ3v) is 5.86. The Morgan fingerprint density at radius 3 is 2.72 bits per heavy atom. The number of nitrogens with one attached hydrogen (secondary N) is 1. The minimum atomic E-state index is -1.18. The molecule has 0 bridgehead atoms. The Labute approximate surface area is 170 Å². The number of carbonyl (C=O) groups is 1. The molecule has 0 spiro atoms. The van der Waals surface area contributed by atoms with Gasteiger partial charge in [0.15, 0.2) is 0 Å². The van der Waals surface area contributed by atoms with Gasteiger partial charge in [-0.05, 0) is 47.0 Å². The molecule has 160 valence electrons. The maximum Gasteiger partial charge on any atom is 0.408 e. The maximum absolute atomic E-state index is 12.3. The van der Waals surface area contributed by atoms with Crippen LogP contribution in [0.2, 0.25) is 0 Å². The summed E-state index contributed by atoms with van der Waals surface area (Å²) in [5.41, 5.74) is 0.487. The lowest BCUT2D eigenvalue weighted by atomic mass is 9.79. The van der Waals surface area contributed by atoms with Crippen LogP contribution in [-0.2, 0) is 17.6 Å². The van der Waals surface area contributed by atoms with Gasteiger partial charge < -0.3 is 20.1 Å². The summed E-state index contributed by atoms with van der Waals surface area (Å²) in [4.78, 5) is 29.8. The first kappa shape index (κ1) is 21.3. The molecule has 1 fully saturated rings. The van der Waals surface area contributed by atoms with E-state index in [1.165, 1.54) is 6.20 Å². The van der Waals surface area contributed by atoms with Crippen LogP contribution in [0.15, 0.2) is 6.20 Å². The predicted molar refractivity (Wildman–Crippen MR) is 108 cm³/mol. The molecule has 3 rings (SSSR count). The molecule has 1 aromatic heterocycles. The molecule has 1 amide bonds. The number of alkyl carbamates (subject to hydrolysis) is 1. The molecule has 2 aliphatic rings. The van der Waals surface area contributed by atoms with Crippen LogP contribution >= 0.6 is 0 Å². The van der Waals surface area contributed by atoms with E-state index >= 15 is 0 Å². The van der Waals surface area contributed by atoms with Gasteiger partial charge in [0.25, 0.3) is 0 Å². The van der Waals surface area contributed by atoms with Crippen LogP contribution in [0.5, 0.6) is 0 Å². The summed E-state index contributed by atoms with van der Waals surface area (Å²) in [7, 11) is 0. The Morgan fingerprint density at radius 1 is 1.41 bits per heavy atom. The van der Waals surface area contributed by atoms with Crippen molar-refractivity contribution in [1.82, 2.24) is 10.3 Å². The monoisotopic (exact) mass is 406 g/mol. The number of ether oxygens (including phenoxy) is 1. The molecule has 1 saturated heterocycles. The number of pyridine rings is 1. The number of piperidine rings is 1. The number of anilines is 1. The van der Waals surface area contributed by atoms with Crippen LogP contribution in [-0.4, -0.2) is 51.4 Å². The summed E-state index contributed by atoms with van der Waals surface area (Å²) >= 11 is 0. The van der Waals surface area contributed by atoms with E-state index in [2.05, 4.69) is 10.3 Å². The summed E-state index contributed by atoms with van der Waals surface area (Å²) < 4.78 is 5.35. The van der Waals surface area contributed by atoms with E-state index in [9.17, 15) is 20.0 Å². The molecule has 29 heavy (non-hydrogen) atoms. The number of rotatable bonds is 3. The normalized spacial score (nSPS) is 26.8. The highest BCUT2D eigenvalue weighted by Crippen LogP contribution is 2.40. The van der Waals surface area contributed by atoms with Crippen LogP contribution < -0.4 is 10.2 Å². The number of hydrogen-bond donors (Lipinski definition) is 2. The van der Waals surface area contributed by atoms with Gasteiger partial charge in [0.1, 0.15) is 17.5 Å². The first-order chi connectivity index (χ1) is 13.4. The van der Waals surface area contributed by atoms with E-state index in [4.69, 9.17) is 4.74 Å². The predicted octanol–water partition coefficient (Wildman–Crippen LogP) is 2.58. The number of aryl methyl sites for hydroxylation is 1. The van der Waals surface area contributed by atoms with E-state index in [1.807, 2.05) is 11.8 Å². The molecule has 2 heterocycles. The summed E-state index contributed by atoms with van der Waals surface area (Å²) in [5.74, 6) is -0.235. The standard InChI is InChI=1S/C20H30N4O5/c1-12-10-23(11-16(20(12,5)26)22-18(25)29-19(2,3)4)17-13-7-6-8-14(13)21-9-15(17)24(27)28/h9,12,16,26H,6-8,10-11H2,1-5H3,(H,22,25)/t12-,16?,20?/m0/s1. The van der Waals surface area contributed by atoms with Crippen molar-refractivity contribution in [2.24, 2.45) is 5.92 Å². The Balaban J connectivity index is 1.93. The van der Waals surface area contributed by atoms with Gasteiger partial charge in [-0.3, -0.25) is 15.1 Å². The van der Waals surface area contributed by atoms with Crippen molar-refractivity contribution in [1.29, 1.82) is 0 Å². The van der Waals surface area contributed by atoms with Crippen molar-refractivity contribution in [3.8, 4) is 0 Å². The number of nitro groups is 1. The van der Waals surface area contributed by atoms with Crippen molar-refractivity contribution < 1.29 is 19.6 Å². The van der Waals surface area contributed by atoms with E-state index in [1.54, 1.807) is 27.7 Å². The van der Waals surface area contributed by atoms with Gasteiger partial charge in [-0.1, -0.05) is 6.92 Å². The molecule has 2 unspecified atom stereocenters. The molecule has 1 aromatic rings. The number of nitrogens with zero attached hydrogens (tertiary/aromatic N) is 3. The van der Waals surface area contributed by atoms with Gasteiger partial charge in [0.05, 0.1) is 16.6 Å². The fraction of sp³-hybridized carbons (Fsp3) is 0.700. The quantitative estimate of drug-likeness (QED) is 0.585. The van der Waals surface area contributed by atoms with Gasteiger partial charge in [0.2, 0.25) is 0 Å². The number of fused-ring (bicyclic) bond motifs is 1. The molecular formula is C20H30N4O5. The molecule has 2 N–H and O–H groups in total. The molecule has 1 aliphatic carbocycles. The zero-order valence-corrected chi connectivity index (χ0v) is 17.7. The lowest BCUT2D eigenvalue weighted by Crippen LogP contribution is -2.65. The first-order valence-corrected chi connectivity index (χ1v) is 10.0. The molecule has 9 nitrogen and oxygen atoms in total. The maximum atomic E-state index is 12.3. The lowest BCUT2D eigenvalue weighted by molar-refractivity contribution is -0.384. The Morgan fingerprint density at radius 2 is 2.10 bits per heavy atom. The Hall–Kier alpha value is -2.42. The topological polar surface area (TPSA) is 118 Å². The van der Waals surface area contributed by atoms with Crippen LogP contribution in [0, 0.1) is 16.0 Å². The second kappa shape index (κ2) is 7.44. The number of amides is 1. The van der Waals surface area contributed by atoms with Crippen LogP contribution in [0.1, 0.15) is 52.3 Å². The number of hydrogen-bond acceptors (Lipinski definition) is 7. The zero-order valence-electron chi connectivity index (χ0n) is 17.7.